The zero-order chi connectivity index (χ0) is 19.2. The smallest absolute Gasteiger partial charge is 0.255 e. The molecular weight excluding hydrogens is 346 g/mol. The van der Waals surface area contributed by atoms with E-state index >= 15 is 0 Å². The van der Waals surface area contributed by atoms with Crippen LogP contribution >= 0.6 is 0 Å². The molecule has 0 atom stereocenters. The number of para-hydroxylation sites is 1. The molecule has 2 aromatic carbocycles. The highest BCUT2D eigenvalue weighted by Gasteiger charge is 2.20. The molecule has 0 fully saturated rings. The first-order chi connectivity index (χ1) is 13.2. The predicted molar refractivity (Wildman–Crippen MR) is 101 cm³/mol. The third kappa shape index (κ3) is 3.87. The Kier molecular flexibility index (Phi) is 5.61. The second kappa shape index (κ2) is 8.27. The van der Waals surface area contributed by atoms with Crippen LogP contribution in [0, 0.1) is 0 Å². The highest BCUT2D eigenvalue weighted by atomic mass is 16.5. The van der Waals surface area contributed by atoms with E-state index in [0.29, 0.717) is 29.4 Å². The molecule has 0 aliphatic carbocycles. The number of hydrogen-bond donors (Lipinski definition) is 1. The van der Waals surface area contributed by atoms with Gasteiger partial charge in [-0.3, -0.25) is 4.79 Å². The topological polar surface area (TPSA) is 74.6 Å². The fourth-order valence-corrected chi connectivity index (χ4v) is 2.73. The van der Waals surface area contributed by atoms with E-state index in [4.69, 9.17) is 14.2 Å². The maximum atomic E-state index is 12.6. The molecule has 140 valence electrons. The first-order valence-electron chi connectivity index (χ1n) is 8.34. The van der Waals surface area contributed by atoms with Gasteiger partial charge < -0.3 is 19.5 Å². The van der Waals surface area contributed by atoms with Gasteiger partial charge in [0.1, 0.15) is 0 Å². The van der Waals surface area contributed by atoms with Crippen molar-refractivity contribution in [1.82, 2.24) is 15.1 Å². The second-order valence-electron chi connectivity index (χ2n) is 5.69. The minimum absolute atomic E-state index is 0.278. The summed E-state index contributed by atoms with van der Waals surface area (Å²) in [5.41, 5.74) is 2.20. The summed E-state index contributed by atoms with van der Waals surface area (Å²) in [6, 6.07) is 13.1. The average molecular weight is 367 g/mol. The number of carbonyl (C=O) groups is 1. The van der Waals surface area contributed by atoms with Gasteiger partial charge in [-0.05, 0) is 24.3 Å². The van der Waals surface area contributed by atoms with E-state index in [1.165, 1.54) is 21.3 Å². The Bertz CT molecular complexity index is 922. The fourth-order valence-electron chi connectivity index (χ4n) is 2.73. The summed E-state index contributed by atoms with van der Waals surface area (Å²) in [5, 5.41) is 7.20. The van der Waals surface area contributed by atoms with Crippen LogP contribution in [0.3, 0.4) is 0 Å². The van der Waals surface area contributed by atoms with Crippen LogP contribution in [0.1, 0.15) is 15.9 Å². The molecule has 7 heteroatoms. The summed E-state index contributed by atoms with van der Waals surface area (Å²) >= 11 is 0. The van der Waals surface area contributed by atoms with E-state index in [1.807, 2.05) is 36.5 Å². The molecular formula is C20H21N3O4. The van der Waals surface area contributed by atoms with E-state index < -0.39 is 0 Å². The van der Waals surface area contributed by atoms with Gasteiger partial charge in [-0.25, -0.2) is 4.68 Å². The quantitative estimate of drug-likeness (QED) is 0.695. The lowest BCUT2D eigenvalue weighted by Gasteiger charge is -2.15. The average Bonchev–Trinajstić information content (AvgIpc) is 3.20. The first kappa shape index (κ1) is 18.3. The highest BCUT2D eigenvalue weighted by Crippen LogP contribution is 2.39. The van der Waals surface area contributed by atoms with Gasteiger partial charge in [-0.2, -0.15) is 5.10 Å². The molecule has 0 aliphatic heterocycles. The number of rotatable bonds is 7. The molecule has 0 saturated carbocycles. The highest BCUT2D eigenvalue weighted by molar-refractivity contribution is 5.98. The molecule has 1 aromatic heterocycles. The standard InChI is InChI=1S/C20H21N3O4/c1-25-17-10-9-16(18(26-2)19(17)27-3)20(24)21-11-14-12-22-23(13-14)15-7-5-4-6-8-15/h4-10,12-13H,11H2,1-3H3,(H,21,24). The van der Waals surface area contributed by atoms with Crippen molar-refractivity contribution in [2.24, 2.45) is 0 Å². The minimum atomic E-state index is -0.278. The lowest BCUT2D eigenvalue weighted by Crippen LogP contribution is -2.23. The molecule has 0 bridgehead atoms. The van der Waals surface area contributed by atoms with Gasteiger partial charge >= 0.3 is 0 Å². The van der Waals surface area contributed by atoms with Crippen LogP contribution in [0.25, 0.3) is 5.69 Å². The molecule has 3 rings (SSSR count). The van der Waals surface area contributed by atoms with Crippen LogP contribution in [0.4, 0.5) is 0 Å². The van der Waals surface area contributed by atoms with Crippen molar-refractivity contribution in [2.45, 2.75) is 6.54 Å². The van der Waals surface area contributed by atoms with E-state index in [0.717, 1.165) is 11.3 Å². The zero-order valence-electron chi connectivity index (χ0n) is 15.4. The predicted octanol–water partition coefficient (Wildman–Crippen LogP) is 2.83. The summed E-state index contributed by atoms with van der Waals surface area (Å²) in [6.45, 7) is 0.336. The molecule has 27 heavy (non-hydrogen) atoms. The third-order valence-electron chi connectivity index (χ3n) is 4.06. The van der Waals surface area contributed by atoms with Gasteiger partial charge in [0.05, 0.1) is 38.8 Å². The summed E-state index contributed by atoms with van der Waals surface area (Å²) in [4.78, 5) is 12.6. The van der Waals surface area contributed by atoms with Crippen LogP contribution < -0.4 is 19.5 Å². The molecule has 0 aliphatic rings. The van der Waals surface area contributed by atoms with Crippen molar-refractivity contribution >= 4 is 5.91 Å². The fraction of sp³-hybridized carbons (Fsp3) is 0.200. The number of methoxy groups -OCH3 is 3. The zero-order valence-corrected chi connectivity index (χ0v) is 15.4. The summed E-state index contributed by atoms with van der Waals surface area (Å²) in [7, 11) is 4.51. The monoisotopic (exact) mass is 367 g/mol. The Morgan fingerprint density at radius 2 is 1.74 bits per heavy atom. The van der Waals surface area contributed by atoms with Crippen molar-refractivity contribution in [3.8, 4) is 22.9 Å². The number of aromatic nitrogens is 2. The van der Waals surface area contributed by atoms with Crippen LogP contribution in [-0.4, -0.2) is 37.0 Å². The van der Waals surface area contributed by atoms with Gasteiger partial charge in [0, 0.05) is 18.3 Å². The molecule has 1 amide bonds. The molecule has 0 saturated heterocycles. The Morgan fingerprint density at radius 1 is 1.00 bits per heavy atom. The summed E-state index contributed by atoms with van der Waals surface area (Å²) < 4.78 is 17.7. The van der Waals surface area contributed by atoms with Crippen molar-refractivity contribution in [3.05, 3.63) is 66.0 Å². The maximum absolute atomic E-state index is 12.6. The molecule has 1 heterocycles. The number of nitrogens with one attached hydrogen (secondary N) is 1. The molecule has 7 nitrogen and oxygen atoms in total. The first-order valence-corrected chi connectivity index (χ1v) is 8.34. The third-order valence-corrected chi connectivity index (χ3v) is 4.06. The lowest BCUT2D eigenvalue weighted by molar-refractivity contribution is 0.0947. The number of benzene rings is 2. The van der Waals surface area contributed by atoms with Gasteiger partial charge in [-0.15, -0.1) is 0 Å². The van der Waals surface area contributed by atoms with Crippen LogP contribution in [0.15, 0.2) is 54.9 Å². The van der Waals surface area contributed by atoms with Gasteiger partial charge in [0.2, 0.25) is 5.75 Å². The van der Waals surface area contributed by atoms with E-state index in [9.17, 15) is 4.79 Å². The van der Waals surface area contributed by atoms with Crippen molar-refractivity contribution < 1.29 is 19.0 Å². The van der Waals surface area contributed by atoms with Crippen LogP contribution in [0.5, 0.6) is 17.2 Å². The molecule has 3 aromatic rings. The van der Waals surface area contributed by atoms with Crippen LogP contribution in [0.2, 0.25) is 0 Å². The number of amides is 1. The lowest BCUT2D eigenvalue weighted by atomic mass is 10.1. The van der Waals surface area contributed by atoms with Gasteiger partial charge in [-0.1, -0.05) is 18.2 Å². The number of nitrogens with zero attached hydrogens (tertiary/aromatic N) is 2. The summed E-state index contributed by atoms with van der Waals surface area (Å²) in [5.74, 6) is 0.925. The molecule has 0 spiro atoms. The minimum Gasteiger partial charge on any atom is -0.493 e. The second-order valence-corrected chi connectivity index (χ2v) is 5.69. The van der Waals surface area contributed by atoms with E-state index in [-0.39, 0.29) is 5.91 Å². The maximum Gasteiger partial charge on any atom is 0.255 e. The van der Waals surface area contributed by atoms with Crippen molar-refractivity contribution in [3.63, 3.8) is 0 Å². The summed E-state index contributed by atoms with van der Waals surface area (Å²) in [6.07, 6.45) is 3.60. The molecule has 0 unspecified atom stereocenters. The van der Waals surface area contributed by atoms with Crippen molar-refractivity contribution in [2.75, 3.05) is 21.3 Å². The Balaban J connectivity index is 1.74. The van der Waals surface area contributed by atoms with E-state index in [2.05, 4.69) is 10.4 Å². The van der Waals surface area contributed by atoms with Gasteiger partial charge in [0.25, 0.3) is 5.91 Å². The molecule has 1 N–H and O–H groups in total. The van der Waals surface area contributed by atoms with Crippen molar-refractivity contribution in [1.29, 1.82) is 0 Å². The van der Waals surface area contributed by atoms with E-state index in [1.54, 1.807) is 23.0 Å². The Labute approximate surface area is 157 Å². The van der Waals surface area contributed by atoms with Crippen LogP contribution in [-0.2, 0) is 6.54 Å². The Morgan fingerprint density at radius 3 is 2.41 bits per heavy atom. The number of ether oxygens (including phenoxy) is 3. The molecule has 0 radical (unpaired) electrons. The normalized spacial score (nSPS) is 10.3. The number of carbonyl (C=O) groups excluding carboxylic acids is 1. The van der Waals surface area contributed by atoms with Gasteiger partial charge in [0.15, 0.2) is 11.5 Å². The SMILES string of the molecule is COc1ccc(C(=O)NCc2cnn(-c3ccccc3)c2)c(OC)c1OC. The largest absolute Gasteiger partial charge is 0.493 e. The Hall–Kier alpha value is -3.48. The number of hydrogen-bond acceptors (Lipinski definition) is 5.